The largest absolute Gasteiger partial charge is 0.392 e. The number of hydrogen-bond donors (Lipinski definition) is 3. The van der Waals surface area contributed by atoms with E-state index in [2.05, 4.69) is 10.6 Å². The fraction of sp³-hybridized carbons (Fsp3) is 0.235. The Balaban J connectivity index is 1.62. The Labute approximate surface area is 123 Å². The van der Waals surface area contributed by atoms with E-state index < -0.39 is 0 Å². The van der Waals surface area contributed by atoms with Gasteiger partial charge in [-0.05, 0) is 22.8 Å². The van der Waals surface area contributed by atoms with E-state index in [4.69, 9.17) is 5.11 Å². The molecule has 0 spiro atoms. The quantitative estimate of drug-likeness (QED) is 0.804. The summed E-state index contributed by atoms with van der Waals surface area (Å²) >= 11 is 0. The van der Waals surface area contributed by atoms with Gasteiger partial charge in [0.2, 0.25) is 5.91 Å². The van der Waals surface area contributed by atoms with Crippen molar-refractivity contribution in [2.75, 3.05) is 11.9 Å². The lowest BCUT2D eigenvalue weighted by Crippen LogP contribution is -2.29. The maximum atomic E-state index is 12.3. The van der Waals surface area contributed by atoms with Crippen molar-refractivity contribution in [2.45, 2.75) is 19.1 Å². The minimum absolute atomic E-state index is 0.0389. The zero-order chi connectivity index (χ0) is 14.7. The Hall–Kier alpha value is -2.33. The lowest BCUT2D eigenvalue weighted by atomic mass is 10.0. The maximum Gasteiger partial charge on any atom is 0.229 e. The molecule has 0 saturated carbocycles. The molecule has 0 fully saturated rings. The number of benzene rings is 2. The lowest BCUT2D eigenvalue weighted by Gasteiger charge is -2.11. The van der Waals surface area contributed by atoms with Gasteiger partial charge in [0.1, 0.15) is 0 Å². The molecule has 0 aliphatic carbocycles. The van der Waals surface area contributed by atoms with Crippen molar-refractivity contribution in [1.29, 1.82) is 0 Å². The van der Waals surface area contributed by atoms with Crippen molar-refractivity contribution in [3.05, 3.63) is 65.2 Å². The number of para-hydroxylation sites is 1. The summed E-state index contributed by atoms with van der Waals surface area (Å²) in [6.07, 6.45) is 0. The first-order valence-electron chi connectivity index (χ1n) is 7.07. The molecule has 0 aromatic heterocycles. The topological polar surface area (TPSA) is 61.4 Å². The molecule has 1 atom stereocenters. The Kier molecular flexibility index (Phi) is 3.88. The molecule has 0 radical (unpaired) electrons. The van der Waals surface area contributed by atoms with Gasteiger partial charge in [0, 0.05) is 18.8 Å². The molecule has 21 heavy (non-hydrogen) atoms. The molecule has 108 valence electrons. The third-order valence-corrected chi connectivity index (χ3v) is 3.82. The molecular formula is C17H18N2O2. The van der Waals surface area contributed by atoms with Gasteiger partial charge in [-0.3, -0.25) is 4.79 Å². The van der Waals surface area contributed by atoms with Crippen molar-refractivity contribution in [3.8, 4) is 0 Å². The number of nitrogens with one attached hydrogen (secondary N) is 2. The number of carbonyl (C=O) groups excluding carboxylic acids is 1. The van der Waals surface area contributed by atoms with E-state index >= 15 is 0 Å². The first-order valence-corrected chi connectivity index (χ1v) is 7.07. The molecule has 1 aliphatic heterocycles. The van der Waals surface area contributed by atoms with Gasteiger partial charge in [0.15, 0.2) is 0 Å². The average Bonchev–Trinajstić information content (AvgIpc) is 2.97. The Bertz CT molecular complexity index is 637. The molecule has 2 aromatic carbocycles. The molecule has 0 bridgehead atoms. The Morgan fingerprint density at radius 1 is 1.14 bits per heavy atom. The van der Waals surface area contributed by atoms with Crippen LogP contribution in [0.25, 0.3) is 0 Å². The van der Waals surface area contributed by atoms with Gasteiger partial charge in [-0.25, -0.2) is 0 Å². The van der Waals surface area contributed by atoms with E-state index in [1.807, 2.05) is 48.5 Å². The van der Waals surface area contributed by atoms with Crippen LogP contribution in [0.1, 0.15) is 22.6 Å². The van der Waals surface area contributed by atoms with E-state index in [9.17, 15) is 4.79 Å². The van der Waals surface area contributed by atoms with Crippen molar-refractivity contribution >= 4 is 11.6 Å². The molecule has 0 saturated heterocycles. The molecule has 1 aliphatic rings. The standard InChI is InChI=1S/C17H18N2O2/c20-11-13-7-5-12(6-8-13)9-19-17(21)15-10-18-16-4-2-1-3-14(15)16/h1-8,15,18,20H,9-11H2,(H,19,21). The maximum absolute atomic E-state index is 12.3. The summed E-state index contributed by atoms with van der Waals surface area (Å²) in [6, 6.07) is 15.5. The average molecular weight is 282 g/mol. The minimum Gasteiger partial charge on any atom is -0.392 e. The van der Waals surface area contributed by atoms with Crippen LogP contribution in [0.3, 0.4) is 0 Å². The van der Waals surface area contributed by atoms with Crippen molar-refractivity contribution < 1.29 is 9.90 Å². The third kappa shape index (κ3) is 2.90. The van der Waals surface area contributed by atoms with Gasteiger partial charge in [0.25, 0.3) is 0 Å². The van der Waals surface area contributed by atoms with Crippen LogP contribution in [0.4, 0.5) is 5.69 Å². The number of hydrogen-bond acceptors (Lipinski definition) is 3. The van der Waals surface area contributed by atoms with Crippen molar-refractivity contribution in [2.24, 2.45) is 0 Å². The summed E-state index contributed by atoms with van der Waals surface area (Å²) in [5.74, 6) is -0.0865. The fourth-order valence-corrected chi connectivity index (χ4v) is 2.59. The SMILES string of the molecule is O=C(NCc1ccc(CO)cc1)C1CNc2ccccc21. The van der Waals surface area contributed by atoms with Gasteiger partial charge in [-0.2, -0.15) is 0 Å². The minimum atomic E-state index is -0.127. The second-order valence-electron chi connectivity index (χ2n) is 5.21. The predicted molar refractivity (Wildman–Crippen MR) is 81.9 cm³/mol. The molecule has 1 amide bonds. The number of aliphatic hydroxyl groups is 1. The summed E-state index contributed by atoms with van der Waals surface area (Å²) in [5, 5.41) is 15.2. The normalized spacial score (nSPS) is 16.1. The molecule has 4 heteroatoms. The number of amides is 1. The number of carbonyl (C=O) groups is 1. The van der Waals surface area contributed by atoms with Gasteiger partial charge in [0.05, 0.1) is 12.5 Å². The summed E-state index contributed by atoms with van der Waals surface area (Å²) in [7, 11) is 0. The zero-order valence-electron chi connectivity index (χ0n) is 11.7. The highest BCUT2D eigenvalue weighted by Crippen LogP contribution is 2.30. The van der Waals surface area contributed by atoms with Crippen molar-refractivity contribution in [1.82, 2.24) is 5.32 Å². The fourth-order valence-electron chi connectivity index (χ4n) is 2.59. The zero-order valence-corrected chi connectivity index (χ0v) is 11.7. The summed E-state index contributed by atoms with van der Waals surface area (Å²) in [6.45, 7) is 1.19. The third-order valence-electron chi connectivity index (χ3n) is 3.82. The number of aliphatic hydroxyl groups excluding tert-OH is 1. The van der Waals surface area contributed by atoms with Crippen LogP contribution in [0.15, 0.2) is 48.5 Å². The highest BCUT2D eigenvalue weighted by molar-refractivity contribution is 5.88. The first-order chi connectivity index (χ1) is 10.3. The van der Waals surface area contributed by atoms with Crippen LogP contribution in [0.5, 0.6) is 0 Å². The molecule has 1 unspecified atom stereocenters. The molecular weight excluding hydrogens is 264 g/mol. The molecule has 2 aromatic rings. The van der Waals surface area contributed by atoms with Gasteiger partial charge < -0.3 is 15.7 Å². The Morgan fingerprint density at radius 2 is 1.86 bits per heavy atom. The first kappa shape index (κ1) is 13.6. The van der Waals surface area contributed by atoms with Crippen LogP contribution in [0, 0.1) is 0 Å². The Morgan fingerprint density at radius 3 is 2.62 bits per heavy atom. The number of rotatable bonds is 4. The number of anilines is 1. The highest BCUT2D eigenvalue weighted by atomic mass is 16.3. The predicted octanol–water partition coefficient (Wildman–Crippen LogP) is 2.00. The van der Waals surface area contributed by atoms with Crippen molar-refractivity contribution in [3.63, 3.8) is 0 Å². The van der Waals surface area contributed by atoms with E-state index in [0.29, 0.717) is 13.1 Å². The monoisotopic (exact) mass is 282 g/mol. The van der Waals surface area contributed by atoms with Crippen LogP contribution >= 0.6 is 0 Å². The van der Waals surface area contributed by atoms with Gasteiger partial charge in [-0.1, -0.05) is 42.5 Å². The van der Waals surface area contributed by atoms with E-state index in [0.717, 1.165) is 22.4 Å². The highest BCUT2D eigenvalue weighted by Gasteiger charge is 2.27. The van der Waals surface area contributed by atoms with E-state index in [1.54, 1.807) is 0 Å². The number of fused-ring (bicyclic) bond motifs is 1. The smallest absolute Gasteiger partial charge is 0.229 e. The van der Waals surface area contributed by atoms with Gasteiger partial charge in [-0.15, -0.1) is 0 Å². The summed E-state index contributed by atoms with van der Waals surface area (Å²) in [5.41, 5.74) is 4.01. The second-order valence-corrected chi connectivity index (χ2v) is 5.21. The van der Waals surface area contributed by atoms with Crippen LogP contribution in [0.2, 0.25) is 0 Å². The van der Waals surface area contributed by atoms with E-state index in [1.165, 1.54) is 0 Å². The van der Waals surface area contributed by atoms with Gasteiger partial charge >= 0.3 is 0 Å². The van der Waals surface area contributed by atoms with Crippen LogP contribution in [-0.2, 0) is 17.9 Å². The van der Waals surface area contributed by atoms with Crippen LogP contribution < -0.4 is 10.6 Å². The lowest BCUT2D eigenvalue weighted by molar-refractivity contribution is -0.122. The second kappa shape index (κ2) is 5.97. The summed E-state index contributed by atoms with van der Waals surface area (Å²) < 4.78 is 0. The molecule has 3 rings (SSSR count). The molecule has 3 N–H and O–H groups in total. The van der Waals surface area contributed by atoms with Crippen LogP contribution in [-0.4, -0.2) is 17.6 Å². The molecule has 1 heterocycles. The van der Waals surface area contributed by atoms with E-state index in [-0.39, 0.29) is 18.4 Å². The summed E-state index contributed by atoms with van der Waals surface area (Å²) in [4.78, 5) is 12.3. The molecule has 4 nitrogen and oxygen atoms in total.